The summed E-state index contributed by atoms with van der Waals surface area (Å²) in [5.74, 6) is 0.210. The van der Waals surface area contributed by atoms with Crippen LogP contribution in [0.2, 0.25) is 0 Å². The number of piperidine rings is 1. The number of carbonyl (C=O) groups is 3. The molecule has 0 spiro atoms. The first-order valence-electron chi connectivity index (χ1n) is 7.09. The standard InChI is InChI=1S/C16H16N2O4.CH4/c1-10-2-5-14(15(20)17-10)18-9-11-8-12(22-7-6-19)3-4-13(11)16(18)21;/h3-4,6,8,14H,1-2,5,7,9H2,(H,17,20);1H4. The molecule has 2 aliphatic heterocycles. The first-order valence-corrected chi connectivity index (χ1v) is 7.09. The average molecular weight is 316 g/mol. The van der Waals surface area contributed by atoms with Crippen molar-refractivity contribution in [3.8, 4) is 5.75 Å². The summed E-state index contributed by atoms with van der Waals surface area (Å²) in [7, 11) is 0. The number of aldehydes is 1. The molecule has 1 atom stereocenters. The number of allylic oxidation sites excluding steroid dienone is 1. The van der Waals surface area contributed by atoms with Crippen molar-refractivity contribution in [1.29, 1.82) is 0 Å². The van der Waals surface area contributed by atoms with Gasteiger partial charge in [-0.25, -0.2) is 0 Å². The Bertz CT molecular complexity index is 669. The third-order valence-electron chi connectivity index (χ3n) is 3.93. The lowest BCUT2D eigenvalue weighted by Crippen LogP contribution is -2.49. The second-order valence-electron chi connectivity index (χ2n) is 5.38. The van der Waals surface area contributed by atoms with Gasteiger partial charge in [-0.2, -0.15) is 0 Å². The van der Waals surface area contributed by atoms with E-state index in [9.17, 15) is 14.4 Å². The molecule has 1 fully saturated rings. The molecule has 6 heteroatoms. The van der Waals surface area contributed by atoms with Crippen LogP contribution in [0.3, 0.4) is 0 Å². The molecule has 0 saturated carbocycles. The van der Waals surface area contributed by atoms with Crippen molar-refractivity contribution in [2.75, 3.05) is 6.61 Å². The Hall–Kier alpha value is -2.63. The van der Waals surface area contributed by atoms with Crippen LogP contribution in [0.5, 0.6) is 5.75 Å². The van der Waals surface area contributed by atoms with Gasteiger partial charge in [0.1, 0.15) is 18.4 Å². The Morgan fingerprint density at radius 2 is 2.17 bits per heavy atom. The molecular weight excluding hydrogens is 296 g/mol. The number of carbonyl (C=O) groups excluding carboxylic acids is 3. The van der Waals surface area contributed by atoms with Crippen LogP contribution in [0.15, 0.2) is 30.5 Å². The van der Waals surface area contributed by atoms with Gasteiger partial charge in [-0.1, -0.05) is 14.0 Å². The lowest BCUT2D eigenvalue weighted by Gasteiger charge is -2.30. The summed E-state index contributed by atoms with van der Waals surface area (Å²) >= 11 is 0. The minimum Gasteiger partial charge on any atom is -0.486 e. The Kier molecular flexibility index (Phi) is 4.83. The van der Waals surface area contributed by atoms with Crippen LogP contribution < -0.4 is 10.1 Å². The first kappa shape index (κ1) is 16.7. The lowest BCUT2D eigenvalue weighted by atomic mass is 10.0. The molecule has 2 heterocycles. The second-order valence-corrected chi connectivity index (χ2v) is 5.38. The minimum absolute atomic E-state index is 0. The van der Waals surface area contributed by atoms with Crippen LogP contribution >= 0.6 is 0 Å². The van der Waals surface area contributed by atoms with Crippen molar-refractivity contribution in [1.82, 2.24) is 10.2 Å². The first-order chi connectivity index (χ1) is 10.6. The van der Waals surface area contributed by atoms with Crippen LogP contribution in [0.1, 0.15) is 36.2 Å². The van der Waals surface area contributed by atoms with Gasteiger partial charge in [0, 0.05) is 17.8 Å². The van der Waals surface area contributed by atoms with Crippen molar-refractivity contribution >= 4 is 18.1 Å². The molecule has 1 aromatic rings. The molecule has 1 aromatic carbocycles. The SMILES string of the molecule is C.C=C1CCC(N2Cc3cc(OCC=O)ccc3C2=O)C(=O)N1. The highest BCUT2D eigenvalue weighted by Crippen LogP contribution is 2.30. The zero-order valence-electron chi connectivity index (χ0n) is 12.0. The molecule has 6 nitrogen and oxygen atoms in total. The Morgan fingerprint density at radius 1 is 1.39 bits per heavy atom. The van der Waals surface area contributed by atoms with Crippen molar-refractivity contribution < 1.29 is 19.1 Å². The van der Waals surface area contributed by atoms with Crippen LogP contribution in [0.25, 0.3) is 0 Å². The van der Waals surface area contributed by atoms with Gasteiger partial charge in [0.2, 0.25) is 5.91 Å². The van der Waals surface area contributed by atoms with Gasteiger partial charge in [-0.3, -0.25) is 14.4 Å². The maximum absolute atomic E-state index is 12.5. The number of benzene rings is 1. The molecule has 2 amide bonds. The minimum atomic E-state index is -0.468. The van der Waals surface area contributed by atoms with Crippen molar-refractivity contribution in [3.63, 3.8) is 0 Å². The highest BCUT2D eigenvalue weighted by atomic mass is 16.5. The normalized spacial score (nSPS) is 19.7. The predicted octanol–water partition coefficient (Wildman–Crippen LogP) is 1.65. The number of nitrogens with one attached hydrogen (secondary N) is 1. The highest BCUT2D eigenvalue weighted by Gasteiger charge is 2.38. The number of nitrogens with zero attached hydrogens (tertiary/aromatic N) is 1. The maximum Gasteiger partial charge on any atom is 0.255 e. The van der Waals surface area contributed by atoms with Gasteiger partial charge in [0.25, 0.3) is 5.91 Å². The van der Waals surface area contributed by atoms with Gasteiger partial charge >= 0.3 is 0 Å². The Labute approximate surface area is 135 Å². The topological polar surface area (TPSA) is 75.7 Å². The molecule has 122 valence electrons. The Balaban J connectivity index is 0.00000192. The zero-order chi connectivity index (χ0) is 15.7. The monoisotopic (exact) mass is 316 g/mol. The van der Waals surface area contributed by atoms with E-state index in [2.05, 4.69) is 11.9 Å². The van der Waals surface area contributed by atoms with E-state index >= 15 is 0 Å². The average Bonchev–Trinajstić information content (AvgIpc) is 2.82. The van der Waals surface area contributed by atoms with Crippen molar-refractivity contribution in [3.05, 3.63) is 41.6 Å². The van der Waals surface area contributed by atoms with E-state index in [1.807, 2.05) is 0 Å². The van der Waals surface area contributed by atoms with Crippen LogP contribution in [0, 0.1) is 0 Å². The molecule has 1 N–H and O–H groups in total. The summed E-state index contributed by atoms with van der Waals surface area (Å²) in [6.07, 6.45) is 1.92. The fourth-order valence-corrected chi connectivity index (χ4v) is 2.85. The Morgan fingerprint density at radius 3 is 2.87 bits per heavy atom. The predicted molar refractivity (Wildman–Crippen MR) is 84.9 cm³/mol. The van der Waals surface area contributed by atoms with Crippen LogP contribution in [0.4, 0.5) is 0 Å². The van der Waals surface area contributed by atoms with E-state index in [1.165, 1.54) is 0 Å². The molecule has 1 unspecified atom stereocenters. The van der Waals surface area contributed by atoms with E-state index in [0.29, 0.717) is 42.7 Å². The van der Waals surface area contributed by atoms with Gasteiger partial charge in [0.15, 0.2) is 6.29 Å². The molecule has 0 aliphatic carbocycles. The summed E-state index contributed by atoms with van der Waals surface area (Å²) in [6, 6.07) is 4.62. The van der Waals surface area contributed by atoms with Gasteiger partial charge < -0.3 is 15.0 Å². The van der Waals surface area contributed by atoms with Gasteiger partial charge in [0.05, 0.1) is 0 Å². The second kappa shape index (κ2) is 6.64. The summed E-state index contributed by atoms with van der Waals surface area (Å²) < 4.78 is 5.24. The van der Waals surface area contributed by atoms with Crippen LogP contribution in [-0.4, -0.2) is 35.6 Å². The number of amides is 2. The summed E-state index contributed by atoms with van der Waals surface area (Å²) in [5.41, 5.74) is 2.08. The molecule has 0 radical (unpaired) electrons. The number of ether oxygens (including phenoxy) is 1. The lowest BCUT2D eigenvalue weighted by molar-refractivity contribution is -0.126. The van der Waals surface area contributed by atoms with Gasteiger partial charge in [-0.15, -0.1) is 0 Å². The molecule has 0 bridgehead atoms. The molecule has 23 heavy (non-hydrogen) atoms. The van der Waals surface area contributed by atoms with E-state index in [0.717, 1.165) is 5.56 Å². The molecule has 3 rings (SSSR count). The quantitative estimate of drug-likeness (QED) is 0.857. The van der Waals surface area contributed by atoms with Crippen molar-refractivity contribution in [2.45, 2.75) is 32.9 Å². The number of rotatable bonds is 4. The molecular formula is C17H20N2O4. The number of hydrogen-bond donors (Lipinski definition) is 1. The van der Waals surface area contributed by atoms with E-state index in [1.54, 1.807) is 23.1 Å². The highest BCUT2D eigenvalue weighted by molar-refractivity contribution is 6.01. The van der Waals surface area contributed by atoms with E-state index in [-0.39, 0.29) is 25.8 Å². The van der Waals surface area contributed by atoms with Crippen molar-refractivity contribution in [2.24, 2.45) is 0 Å². The third-order valence-corrected chi connectivity index (χ3v) is 3.93. The largest absolute Gasteiger partial charge is 0.486 e. The summed E-state index contributed by atoms with van der Waals surface area (Å²) in [4.78, 5) is 36.5. The molecule has 0 aromatic heterocycles. The van der Waals surface area contributed by atoms with E-state index in [4.69, 9.17) is 4.74 Å². The zero-order valence-corrected chi connectivity index (χ0v) is 12.0. The summed E-state index contributed by atoms with van der Waals surface area (Å²) in [6.45, 7) is 4.09. The molecule has 2 aliphatic rings. The third kappa shape index (κ3) is 3.11. The smallest absolute Gasteiger partial charge is 0.255 e. The van der Waals surface area contributed by atoms with Gasteiger partial charge in [-0.05, 0) is 36.6 Å². The fraction of sp³-hybridized carbons (Fsp3) is 0.353. The number of hydrogen-bond acceptors (Lipinski definition) is 4. The maximum atomic E-state index is 12.5. The van der Waals surface area contributed by atoms with Crippen LogP contribution in [-0.2, 0) is 16.1 Å². The number of fused-ring (bicyclic) bond motifs is 1. The molecule has 1 saturated heterocycles. The van der Waals surface area contributed by atoms with E-state index < -0.39 is 6.04 Å². The summed E-state index contributed by atoms with van der Waals surface area (Å²) in [5, 5.41) is 2.70. The fourth-order valence-electron chi connectivity index (χ4n) is 2.85.